The monoisotopic (exact) mass is 545 g/mol. The van der Waals surface area contributed by atoms with Crippen LogP contribution in [0.1, 0.15) is 50.9 Å². The minimum absolute atomic E-state index is 0.0134. The molecular weight excluding hydrogens is 512 g/mol. The number of hydrogen-bond acceptors (Lipinski definition) is 6. The first kappa shape index (κ1) is 27.9. The molecule has 202 valence electrons. The van der Waals surface area contributed by atoms with Crippen LogP contribution in [0.3, 0.4) is 0 Å². The number of nitrogens with two attached hydrogens (primary N) is 1. The maximum Gasteiger partial charge on any atom is 0.292 e. The zero-order chi connectivity index (χ0) is 28.2. The zero-order valence-electron chi connectivity index (χ0n) is 22.4. The minimum atomic E-state index is -3.78. The van der Waals surface area contributed by atoms with Gasteiger partial charge in [0.1, 0.15) is 5.82 Å². The van der Waals surface area contributed by atoms with Crippen molar-refractivity contribution in [2.45, 2.75) is 51.0 Å². The first-order chi connectivity index (χ1) is 18.5. The number of aromatic nitrogens is 3. The average molecular weight is 546 g/mol. The van der Waals surface area contributed by atoms with E-state index in [1.165, 1.54) is 18.3 Å². The summed E-state index contributed by atoms with van der Waals surface area (Å²) in [6.45, 7) is 8.60. The van der Waals surface area contributed by atoms with Crippen LogP contribution in [0.2, 0.25) is 0 Å². The minimum Gasteiger partial charge on any atom is -0.340 e. The Morgan fingerprint density at radius 1 is 0.897 bits per heavy atom. The largest absolute Gasteiger partial charge is 0.340 e. The van der Waals surface area contributed by atoms with Gasteiger partial charge in [-0.15, -0.1) is 0 Å². The molecule has 4 rings (SSSR count). The predicted molar refractivity (Wildman–Crippen MR) is 152 cm³/mol. The van der Waals surface area contributed by atoms with Crippen LogP contribution in [0.15, 0.2) is 83.9 Å². The van der Waals surface area contributed by atoms with Crippen LogP contribution < -0.4 is 20.3 Å². The van der Waals surface area contributed by atoms with E-state index in [1.807, 2.05) is 18.2 Å². The van der Waals surface area contributed by atoms with Crippen molar-refractivity contribution in [3.63, 3.8) is 0 Å². The molecule has 0 radical (unpaired) electrons. The molecule has 0 atom stereocenters. The van der Waals surface area contributed by atoms with Gasteiger partial charge in [0.25, 0.3) is 5.91 Å². The molecule has 0 unspecified atom stereocenters. The standard InChI is InChI=1S/C29H32N6O3S/c1-19(2)25-16-22(21-8-6-5-7-9-21)17-26(20(3)4)35(25)18-28(36)34-29-31-15-14-27(33-29)32-23-10-12-24(13-11-23)39(30,37)38/h5-17,19-20H,18H2,1-4H3,(H3-,30,31,32,33,34,36,37,38)/p+1. The summed E-state index contributed by atoms with van der Waals surface area (Å²) in [6.07, 6.45) is 1.53. The molecule has 39 heavy (non-hydrogen) atoms. The summed E-state index contributed by atoms with van der Waals surface area (Å²) in [4.78, 5) is 21.8. The van der Waals surface area contributed by atoms with Gasteiger partial charge in [0, 0.05) is 35.9 Å². The Hall–Kier alpha value is -4.15. The fraction of sp³-hybridized carbons (Fsp3) is 0.241. The second-order valence-corrected chi connectivity index (χ2v) is 11.4. The Kier molecular flexibility index (Phi) is 8.37. The normalized spacial score (nSPS) is 11.6. The third-order valence-corrected chi connectivity index (χ3v) is 7.11. The van der Waals surface area contributed by atoms with E-state index in [1.54, 1.807) is 18.2 Å². The highest BCUT2D eigenvalue weighted by molar-refractivity contribution is 7.89. The van der Waals surface area contributed by atoms with Crippen molar-refractivity contribution in [1.29, 1.82) is 0 Å². The van der Waals surface area contributed by atoms with Gasteiger partial charge < -0.3 is 5.32 Å². The van der Waals surface area contributed by atoms with E-state index in [2.05, 4.69) is 77.1 Å². The van der Waals surface area contributed by atoms with Crippen molar-refractivity contribution in [2.24, 2.45) is 5.14 Å². The molecule has 4 aromatic rings. The quantitative estimate of drug-likeness (QED) is 0.261. The molecule has 9 nitrogen and oxygen atoms in total. The number of hydrogen-bond donors (Lipinski definition) is 3. The smallest absolute Gasteiger partial charge is 0.292 e. The number of carbonyl (C=O) groups excluding carboxylic acids is 1. The number of rotatable bonds is 9. The SMILES string of the molecule is CC(C)c1cc(-c2ccccc2)cc(C(C)C)[n+]1CC(=O)Nc1nccc(Nc2ccc(S(N)(=O)=O)cc2)n1. The summed E-state index contributed by atoms with van der Waals surface area (Å²) in [5, 5.41) is 11.0. The predicted octanol–water partition coefficient (Wildman–Crippen LogP) is 4.71. The lowest BCUT2D eigenvalue weighted by Gasteiger charge is -2.15. The lowest BCUT2D eigenvalue weighted by Crippen LogP contribution is -2.48. The van der Waals surface area contributed by atoms with Crippen LogP contribution in [0.5, 0.6) is 0 Å². The first-order valence-electron chi connectivity index (χ1n) is 12.7. The van der Waals surface area contributed by atoms with Gasteiger partial charge in [0.2, 0.25) is 22.5 Å². The van der Waals surface area contributed by atoms with Crippen LogP contribution in [-0.4, -0.2) is 24.3 Å². The Balaban J connectivity index is 1.55. The number of benzene rings is 2. The molecule has 0 aliphatic carbocycles. The molecule has 10 heteroatoms. The van der Waals surface area contributed by atoms with Crippen molar-refractivity contribution >= 4 is 33.4 Å². The molecule has 0 saturated carbocycles. The highest BCUT2D eigenvalue weighted by atomic mass is 32.2. The van der Waals surface area contributed by atoms with Crippen molar-refractivity contribution in [2.75, 3.05) is 10.6 Å². The van der Waals surface area contributed by atoms with Crippen LogP contribution in [0.4, 0.5) is 17.5 Å². The number of pyridine rings is 1. The molecule has 0 aliphatic rings. The van der Waals surface area contributed by atoms with Crippen molar-refractivity contribution in [3.8, 4) is 11.1 Å². The summed E-state index contributed by atoms with van der Waals surface area (Å²) in [5.41, 5.74) is 4.99. The number of anilines is 3. The van der Waals surface area contributed by atoms with Gasteiger partial charge in [0.05, 0.1) is 4.90 Å². The fourth-order valence-electron chi connectivity index (χ4n) is 4.27. The molecule has 2 aromatic heterocycles. The van der Waals surface area contributed by atoms with E-state index in [-0.39, 0.29) is 35.1 Å². The lowest BCUT2D eigenvalue weighted by atomic mass is 9.97. The summed E-state index contributed by atoms with van der Waals surface area (Å²) >= 11 is 0. The maximum absolute atomic E-state index is 13.2. The van der Waals surface area contributed by atoms with Crippen molar-refractivity contribution in [3.05, 3.63) is 90.4 Å². The van der Waals surface area contributed by atoms with Crippen LogP contribution in [0.25, 0.3) is 11.1 Å². The molecule has 1 amide bonds. The van der Waals surface area contributed by atoms with E-state index in [0.29, 0.717) is 11.5 Å². The first-order valence-corrected chi connectivity index (χ1v) is 14.2. The number of amides is 1. The molecule has 0 saturated heterocycles. The molecule has 4 N–H and O–H groups in total. The van der Waals surface area contributed by atoms with E-state index in [4.69, 9.17) is 5.14 Å². The Morgan fingerprint density at radius 3 is 2.08 bits per heavy atom. The molecule has 2 heterocycles. The number of primary sulfonamides is 1. The van der Waals surface area contributed by atoms with Crippen molar-refractivity contribution in [1.82, 2.24) is 9.97 Å². The molecule has 0 spiro atoms. The molecule has 2 aromatic carbocycles. The molecule has 0 bridgehead atoms. The van der Waals surface area contributed by atoms with E-state index < -0.39 is 10.0 Å². The second-order valence-electron chi connectivity index (χ2n) is 9.86. The zero-order valence-corrected chi connectivity index (χ0v) is 23.2. The van der Waals surface area contributed by atoms with Crippen LogP contribution >= 0.6 is 0 Å². The van der Waals surface area contributed by atoms with Crippen molar-refractivity contribution < 1.29 is 17.8 Å². The topological polar surface area (TPSA) is 131 Å². The molecule has 0 aliphatic heterocycles. The summed E-state index contributed by atoms with van der Waals surface area (Å²) < 4.78 is 25.0. The summed E-state index contributed by atoms with van der Waals surface area (Å²) in [6, 6.07) is 22.2. The van der Waals surface area contributed by atoms with E-state index in [9.17, 15) is 13.2 Å². The van der Waals surface area contributed by atoms with Gasteiger partial charge in [-0.25, -0.2) is 18.5 Å². The average Bonchev–Trinajstić information content (AvgIpc) is 2.89. The van der Waals surface area contributed by atoms with Gasteiger partial charge in [-0.3, -0.25) is 10.1 Å². The summed E-state index contributed by atoms with van der Waals surface area (Å²) in [5.74, 6) is 0.747. The number of nitrogens with one attached hydrogen (secondary N) is 2. The summed E-state index contributed by atoms with van der Waals surface area (Å²) in [7, 11) is -3.78. The van der Waals surface area contributed by atoms with Gasteiger partial charge in [-0.05, 0) is 41.5 Å². The lowest BCUT2D eigenvalue weighted by molar-refractivity contribution is -0.700. The van der Waals surface area contributed by atoms with Gasteiger partial charge in [-0.1, -0.05) is 58.0 Å². The maximum atomic E-state index is 13.2. The van der Waals surface area contributed by atoms with E-state index >= 15 is 0 Å². The highest BCUT2D eigenvalue weighted by Crippen LogP contribution is 2.26. The fourth-order valence-corrected chi connectivity index (χ4v) is 4.79. The molecular formula is C29H33N6O3S+. The highest BCUT2D eigenvalue weighted by Gasteiger charge is 2.26. The van der Waals surface area contributed by atoms with Crippen LogP contribution in [-0.2, 0) is 21.4 Å². The van der Waals surface area contributed by atoms with Crippen LogP contribution in [0, 0.1) is 0 Å². The Labute approximate surface area is 229 Å². The number of nitrogens with zero attached hydrogens (tertiary/aromatic N) is 3. The third-order valence-electron chi connectivity index (χ3n) is 6.18. The van der Waals surface area contributed by atoms with Gasteiger partial charge in [-0.2, -0.15) is 9.55 Å². The second kappa shape index (κ2) is 11.7. The van der Waals surface area contributed by atoms with Gasteiger partial charge in [0.15, 0.2) is 11.4 Å². The Morgan fingerprint density at radius 2 is 1.51 bits per heavy atom. The third kappa shape index (κ3) is 7.04. The van der Waals surface area contributed by atoms with Gasteiger partial charge >= 0.3 is 0 Å². The number of carbonyl (C=O) groups is 1. The number of sulfonamides is 1. The Bertz CT molecular complexity index is 1540. The van der Waals surface area contributed by atoms with E-state index in [0.717, 1.165) is 22.5 Å². The molecule has 0 fully saturated rings.